The molecule has 0 radical (unpaired) electrons. The van der Waals surface area contributed by atoms with Crippen molar-refractivity contribution in [1.82, 2.24) is 10.2 Å². The number of furan rings is 1. The van der Waals surface area contributed by atoms with Crippen LogP contribution >= 0.6 is 23.1 Å². The molecular formula is C16H16FN3O2S2. The number of benzene rings is 1. The number of thioether (sulfide) groups is 1. The Kier molecular flexibility index (Phi) is 5.15. The van der Waals surface area contributed by atoms with Crippen molar-refractivity contribution in [3.8, 4) is 0 Å². The van der Waals surface area contributed by atoms with Gasteiger partial charge in [0.1, 0.15) is 11.4 Å². The van der Waals surface area contributed by atoms with Crippen LogP contribution in [0.15, 0.2) is 27.0 Å². The topological polar surface area (TPSA) is 68.0 Å². The van der Waals surface area contributed by atoms with E-state index in [1.54, 1.807) is 18.7 Å². The summed E-state index contributed by atoms with van der Waals surface area (Å²) >= 11 is 3.06. The average Bonchev–Trinajstić information content (AvgIpc) is 3.16. The van der Waals surface area contributed by atoms with Crippen LogP contribution in [0.5, 0.6) is 0 Å². The number of Topliss-reactive ketones (excluding diaryl/α,β-unsaturated/α-hetero) is 1. The standard InChI is InChI=1S/C16H16FN3O2S2/c1-3-6-23-16-20-19-15(24-16)18-8-12(21)14-9(2)11-7-10(17)4-5-13(11)22-14/h4-5,7H,3,6,8H2,1-2H3,(H,18,19). The molecule has 2 aromatic heterocycles. The summed E-state index contributed by atoms with van der Waals surface area (Å²) in [6, 6.07) is 4.22. The molecule has 8 heteroatoms. The largest absolute Gasteiger partial charge is 0.453 e. The van der Waals surface area contributed by atoms with Crippen molar-refractivity contribution in [1.29, 1.82) is 0 Å². The van der Waals surface area contributed by atoms with E-state index in [1.165, 1.54) is 29.5 Å². The number of halogens is 1. The zero-order valence-corrected chi connectivity index (χ0v) is 14.9. The zero-order valence-electron chi connectivity index (χ0n) is 13.3. The second-order valence-electron chi connectivity index (χ2n) is 5.19. The third kappa shape index (κ3) is 3.59. The molecule has 0 amide bonds. The van der Waals surface area contributed by atoms with Gasteiger partial charge in [-0.2, -0.15) is 0 Å². The van der Waals surface area contributed by atoms with Crippen molar-refractivity contribution in [2.75, 3.05) is 17.6 Å². The molecule has 0 bridgehead atoms. The van der Waals surface area contributed by atoms with E-state index in [0.29, 0.717) is 21.7 Å². The fourth-order valence-electron chi connectivity index (χ4n) is 2.22. The van der Waals surface area contributed by atoms with Crippen LogP contribution in [-0.4, -0.2) is 28.3 Å². The van der Waals surface area contributed by atoms with Gasteiger partial charge in [0, 0.05) is 16.7 Å². The van der Waals surface area contributed by atoms with Crippen LogP contribution in [0.25, 0.3) is 11.0 Å². The Morgan fingerprint density at radius 2 is 2.25 bits per heavy atom. The maximum Gasteiger partial charge on any atom is 0.217 e. The number of fused-ring (bicyclic) bond motifs is 1. The summed E-state index contributed by atoms with van der Waals surface area (Å²) in [5.41, 5.74) is 1.15. The molecule has 2 heterocycles. The maximum atomic E-state index is 13.3. The number of hydrogen-bond acceptors (Lipinski definition) is 7. The predicted octanol–water partition coefficient (Wildman–Crippen LogP) is 4.53. The zero-order chi connectivity index (χ0) is 17.1. The van der Waals surface area contributed by atoms with Crippen LogP contribution in [0, 0.1) is 12.7 Å². The summed E-state index contributed by atoms with van der Waals surface area (Å²) in [5, 5.41) is 12.3. The number of carbonyl (C=O) groups excluding carboxylic acids is 1. The molecule has 3 rings (SSSR count). The summed E-state index contributed by atoms with van der Waals surface area (Å²) < 4.78 is 19.8. The van der Waals surface area contributed by atoms with Crippen molar-refractivity contribution in [3.05, 3.63) is 35.3 Å². The second kappa shape index (κ2) is 7.31. The van der Waals surface area contributed by atoms with Crippen LogP contribution in [0.4, 0.5) is 9.52 Å². The number of hydrogen-bond donors (Lipinski definition) is 1. The first-order chi connectivity index (χ1) is 11.6. The Morgan fingerprint density at radius 3 is 3.04 bits per heavy atom. The van der Waals surface area contributed by atoms with Gasteiger partial charge in [-0.25, -0.2) is 4.39 Å². The van der Waals surface area contributed by atoms with E-state index in [4.69, 9.17) is 4.42 Å². The molecule has 1 aromatic carbocycles. The van der Waals surface area contributed by atoms with Crippen LogP contribution in [-0.2, 0) is 0 Å². The lowest BCUT2D eigenvalue weighted by molar-refractivity contribution is 0.0981. The molecule has 0 aliphatic heterocycles. The summed E-state index contributed by atoms with van der Waals surface area (Å²) in [7, 11) is 0. The number of anilines is 1. The van der Waals surface area contributed by atoms with Gasteiger partial charge in [-0.1, -0.05) is 30.0 Å². The molecule has 0 atom stereocenters. The smallest absolute Gasteiger partial charge is 0.217 e. The average molecular weight is 365 g/mol. The summed E-state index contributed by atoms with van der Waals surface area (Å²) in [6.07, 6.45) is 1.07. The molecule has 5 nitrogen and oxygen atoms in total. The van der Waals surface area contributed by atoms with Gasteiger partial charge in [0.2, 0.25) is 10.9 Å². The Labute approximate surface area is 146 Å². The first-order valence-electron chi connectivity index (χ1n) is 7.50. The highest BCUT2D eigenvalue weighted by atomic mass is 32.2. The van der Waals surface area contributed by atoms with E-state index in [9.17, 15) is 9.18 Å². The van der Waals surface area contributed by atoms with E-state index < -0.39 is 0 Å². The predicted molar refractivity (Wildman–Crippen MR) is 94.7 cm³/mol. The van der Waals surface area contributed by atoms with Crippen molar-refractivity contribution in [2.24, 2.45) is 0 Å². The third-order valence-corrected chi connectivity index (χ3v) is 5.61. The van der Waals surface area contributed by atoms with E-state index >= 15 is 0 Å². The molecule has 0 spiro atoms. The molecule has 126 valence electrons. The van der Waals surface area contributed by atoms with E-state index in [-0.39, 0.29) is 23.9 Å². The van der Waals surface area contributed by atoms with Crippen LogP contribution in [0.2, 0.25) is 0 Å². The number of aryl methyl sites for hydroxylation is 1. The molecule has 24 heavy (non-hydrogen) atoms. The molecule has 0 aliphatic rings. The number of aromatic nitrogens is 2. The highest BCUT2D eigenvalue weighted by molar-refractivity contribution is 8.01. The summed E-state index contributed by atoms with van der Waals surface area (Å²) in [4.78, 5) is 12.4. The SMILES string of the molecule is CCCSc1nnc(NCC(=O)c2oc3ccc(F)cc3c2C)s1. The number of nitrogens with zero attached hydrogens (tertiary/aromatic N) is 2. The summed E-state index contributed by atoms with van der Waals surface area (Å²) in [6.45, 7) is 3.91. The quantitative estimate of drug-likeness (QED) is 0.490. The first kappa shape index (κ1) is 16.9. The van der Waals surface area contributed by atoms with Gasteiger partial charge in [-0.05, 0) is 31.5 Å². The van der Waals surface area contributed by atoms with Gasteiger partial charge in [0.05, 0.1) is 6.54 Å². The maximum absolute atomic E-state index is 13.3. The number of rotatable bonds is 7. The van der Waals surface area contributed by atoms with Gasteiger partial charge in [0.15, 0.2) is 10.1 Å². The molecule has 0 fully saturated rings. The minimum absolute atomic E-state index is 0.0518. The van der Waals surface area contributed by atoms with Crippen LogP contribution in [0.3, 0.4) is 0 Å². The van der Waals surface area contributed by atoms with Crippen molar-refractivity contribution >= 4 is 45.0 Å². The van der Waals surface area contributed by atoms with Crippen molar-refractivity contribution in [2.45, 2.75) is 24.6 Å². The normalized spacial score (nSPS) is 11.1. The lowest BCUT2D eigenvalue weighted by Gasteiger charge is -2.00. The lowest BCUT2D eigenvalue weighted by Crippen LogP contribution is -2.14. The molecule has 3 aromatic rings. The van der Waals surface area contributed by atoms with Gasteiger partial charge in [0.25, 0.3) is 0 Å². The molecule has 0 aliphatic carbocycles. The first-order valence-corrected chi connectivity index (χ1v) is 9.30. The highest BCUT2D eigenvalue weighted by Crippen LogP contribution is 2.28. The fourth-order valence-corrected chi connectivity index (χ4v) is 3.90. The Hall–Kier alpha value is -1.93. The Bertz CT molecular complexity index is 875. The Morgan fingerprint density at radius 1 is 1.42 bits per heavy atom. The summed E-state index contributed by atoms with van der Waals surface area (Å²) in [5.74, 6) is 0.673. The number of carbonyl (C=O) groups is 1. The van der Waals surface area contributed by atoms with Gasteiger partial charge in [-0.15, -0.1) is 10.2 Å². The second-order valence-corrected chi connectivity index (χ2v) is 7.51. The minimum Gasteiger partial charge on any atom is -0.453 e. The van der Waals surface area contributed by atoms with Gasteiger partial charge >= 0.3 is 0 Å². The monoisotopic (exact) mass is 365 g/mol. The highest BCUT2D eigenvalue weighted by Gasteiger charge is 2.18. The van der Waals surface area contributed by atoms with E-state index in [1.807, 2.05) is 0 Å². The number of nitrogens with one attached hydrogen (secondary N) is 1. The minimum atomic E-state index is -0.352. The van der Waals surface area contributed by atoms with Crippen LogP contribution < -0.4 is 5.32 Å². The third-order valence-electron chi connectivity index (χ3n) is 3.39. The van der Waals surface area contributed by atoms with Gasteiger partial charge < -0.3 is 9.73 Å². The fraction of sp³-hybridized carbons (Fsp3) is 0.312. The lowest BCUT2D eigenvalue weighted by atomic mass is 10.1. The van der Waals surface area contributed by atoms with Gasteiger partial charge in [-0.3, -0.25) is 4.79 Å². The van der Waals surface area contributed by atoms with E-state index in [2.05, 4.69) is 22.4 Å². The van der Waals surface area contributed by atoms with Crippen molar-refractivity contribution < 1.29 is 13.6 Å². The van der Waals surface area contributed by atoms with Crippen LogP contribution in [0.1, 0.15) is 29.5 Å². The number of ketones is 1. The Balaban J connectivity index is 1.69. The van der Waals surface area contributed by atoms with E-state index in [0.717, 1.165) is 16.5 Å². The van der Waals surface area contributed by atoms with Crippen molar-refractivity contribution in [3.63, 3.8) is 0 Å². The molecular weight excluding hydrogens is 349 g/mol. The molecule has 0 unspecified atom stereocenters. The molecule has 1 N–H and O–H groups in total. The molecule has 0 saturated carbocycles. The molecule has 0 saturated heterocycles.